The molecule has 11 heavy (non-hydrogen) atoms. The summed E-state index contributed by atoms with van der Waals surface area (Å²) in [5.74, 6) is 0.705. The minimum Gasteiger partial charge on any atom is -0.356 e. The monoisotopic (exact) mass is 166 g/mol. The van der Waals surface area contributed by atoms with Crippen LogP contribution >= 0.6 is 12.2 Å². The fourth-order valence-corrected chi connectivity index (χ4v) is 0.725. The number of nitrogens with zero attached hydrogens (tertiary/aromatic N) is 1. The summed E-state index contributed by atoms with van der Waals surface area (Å²) in [6.07, 6.45) is 0. The normalized spacial score (nSPS) is 8.82. The smallest absolute Gasteiger partial charge is 0.158 e. The molecular formula is C8H8NOS. The van der Waals surface area contributed by atoms with Crippen LogP contribution in [0.4, 0.5) is 0 Å². The second-order valence-electron chi connectivity index (χ2n) is 2.12. The number of hydrogen-bond donors (Lipinski definition) is 0. The first-order valence-corrected chi connectivity index (χ1v) is 3.67. The van der Waals surface area contributed by atoms with Crippen LogP contribution in [0.3, 0.4) is 0 Å². The van der Waals surface area contributed by atoms with Crippen molar-refractivity contribution in [1.29, 1.82) is 0 Å². The van der Waals surface area contributed by atoms with E-state index in [1.54, 1.807) is 0 Å². The molecule has 0 aliphatic rings. The molecule has 0 aromatic heterocycles. The lowest BCUT2D eigenvalue weighted by atomic mass is 10.2. The highest BCUT2D eigenvalue weighted by atomic mass is 32.1. The minimum atomic E-state index is 0.705. The number of hydrogen-bond acceptors (Lipinski definition) is 2. The summed E-state index contributed by atoms with van der Waals surface area (Å²) >= 11 is 4.46. The third-order valence-electron chi connectivity index (χ3n) is 1.22. The molecule has 2 nitrogen and oxygen atoms in total. The van der Waals surface area contributed by atoms with Crippen molar-refractivity contribution >= 4 is 17.7 Å². The average molecular weight is 166 g/mol. The van der Waals surface area contributed by atoms with E-state index in [-0.39, 0.29) is 0 Å². The lowest BCUT2D eigenvalue weighted by Gasteiger charge is -1.98. The van der Waals surface area contributed by atoms with E-state index in [1.165, 1.54) is 11.1 Å². The summed E-state index contributed by atoms with van der Waals surface area (Å²) in [4.78, 5) is 4.88. The summed E-state index contributed by atoms with van der Waals surface area (Å²) in [5.41, 5.74) is 5.85. The minimum absolute atomic E-state index is 0.705. The summed E-state index contributed by atoms with van der Waals surface area (Å²) in [7, 11) is 0. The molecule has 0 unspecified atom stereocenters. The summed E-state index contributed by atoms with van der Waals surface area (Å²) < 4.78 is 0. The molecule has 0 atom stereocenters. The fraction of sp³-hybridized carbons (Fsp3) is 0.125. The fourth-order valence-electron chi connectivity index (χ4n) is 0.682. The van der Waals surface area contributed by atoms with Gasteiger partial charge in [0.15, 0.2) is 5.75 Å². The van der Waals surface area contributed by atoms with Gasteiger partial charge in [-0.3, -0.25) is 0 Å². The zero-order chi connectivity index (χ0) is 8.10. The molecule has 0 spiro atoms. The van der Waals surface area contributed by atoms with Gasteiger partial charge < -0.3 is 4.84 Å². The Kier molecular flexibility index (Phi) is 2.86. The van der Waals surface area contributed by atoms with E-state index in [0.717, 1.165) is 0 Å². The lowest BCUT2D eigenvalue weighted by molar-refractivity contribution is 0.260. The van der Waals surface area contributed by atoms with E-state index in [1.807, 2.05) is 31.2 Å². The Morgan fingerprint density at radius 3 is 2.55 bits per heavy atom. The molecule has 1 aromatic carbocycles. The molecule has 1 radical (unpaired) electrons. The van der Waals surface area contributed by atoms with Crippen LogP contribution in [-0.2, 0) is 0 Å². The average Bonchev–Trinajstić information content (AvgIpc) is 2.04. The van der Waals surface area contributed by atoms with Gasteiger partial charge in [0.25, 0.3) is 0 Å². The van der Waals surface area contributed by atoms with Crippen LogP contribution in [0.5, 0.6) is 5.75 Å². The van der Waals surface area contributed by atoms with E-state index < -0.39 is 0 Å². The molecule has 0 saturated heterocycles. The third-order valence-corrected chi connectivity index (χ3v) is 1.31. The van der Waals surface area contributed by atoms with Crippen LogP contribution in [0.25, 0.3) is 0 Å². The zero-order valence-corrected chi connectivity index (χ0v) is 6.97. The zero-order valence-electron chi connectivity index (χ0n) is 6.15. The maximum absolute atomic E-state index is 4.88. The molecule has 0 bridgehead atoms. The Labute approximate surface area is 71.1 Å². The number of hydroxylamine groups is 1. The van der Waals surface area contributed by atoms with Gasteiger partial charge in [-0.25, -0.2) is 0 Å². The van der Waals surface area contributed by atoms with Gasteiger partial charge in [-0.2, -0.15) is 0 Å². The first-order chi connectivity index (χ1) is 5.33. The Hall–Kier alpha value is -1.09. The molecular weight excluding hydrogens is 158 g/mol. The van der Waals surface area contributed by atoms with Crippen molar-refractivity contribution in [2.24, 2.45) is 0 Å². The van der Waals surface area contributed by atoms with Crippen molar-refractivity contribution < 1.29 is 4.84 Å². The highest BCUT2D eigenvalue weighted by Gasteiger charge is 1.90. The number of rotatable bonds is 3. The third kappa shape index (κ3) is 2.55. The molecule has 0 heterocycles. The van der Waals surface area contributed by atoms with Gasteiger partial charge in [0.2, 0.25) is 0 Å². The van der Waals surface area contributed by atoms with Crippen molar-refractivity contribution in [2.75, 3.05) is 0 Å². The van der Waals surface area contributed by atoms with Crippen LogP contribution < -0.4 is 10.3 Å². The van der Waals surface area contributed by atoms with Crippen LogP contribution in [0.1, 0.15) is 5.56 Å². The number of aryl methyl sites for hydroxylation is 1. The quantitative estimate of drug-likeness (QED) is 0.505. The second-order valence-corrected chi connectivity index (χ2v) is 2.33. The van der Waals surface area contributed by atoms with E-state index in [9.17, 15) is 0 Å². The highest BCUT2D eigenvalue weighted by molar-refractivity contribution is 7.78. The lowest BCUT2D eigenvalue weighted by Crippen LogP contribution is -2.04. The van der Waals surface area contributed by atoms with Gasteiger partial charge in [0.1, 0.15) is 5.49 Å². The van der Waals surface area contributed by atoms with E-state index in [0.29, 0.717) is 5.75 Å². The molecule has 0 saturated carbocycles. The molecule has 0 fully saturated rings. The summed E-state index contributed by atoms with van der Waals surface area (Å²) in [6.45, 7) is 2.01. The van der Waals surface area contributed by atoms with Crippen molar-refractivity contribution in [1.82, 2.24) is 5.48 Å². The van der Waals surface area contributed by atoms with Crippen LogP contribution in [0, 0.1) is 6.92 Å². The first kappa shape index (κ1) is 8.01. The first-order valence-electron chi connectivity index (χ1n) is 3.20. The molecule has 57 valence electrons. The Morgan fingerprint density at radius 1 is 1.36 bits per heavy atom. The maximum atomic E-state index is 4.88. The Balaban J connectivity index is 2.58. The van der Waals surface area contributed by atoms with Gasteiger partial charge in [-0.05, 0) is 19.1 Å². The highest BCUT2D eigenvalue weighted by Crippen LogP contribution is 2.09. The second kappa shape index (κ2) is 3.93. The van der Waals surface area contributed by atoms with Gasteiger partial charge in [-0.15, -0.1) is 0 Å². The molecule has 0 aliphatic carbocycles. The standard InChI is InChI=1S/C8H8NOS/c1-7-2-4-8(5-3-7)10-9-6-11/h2-6H,1H3. The Morgan fingerprint density at radius 2 is 2.00 bits per heavy atom. The van der Waals surface area contributed by atoms with Crippen molar-refractivity contribution in [3.63, 3.8) is 0 Å². The molecule has 0 N–H and O–H groups in total. The van der Waals surface area contributed by atoms with E-state index in [2.05, 4.69) is 17.7 Å². The molecule has 3 heteroatoms. The van der Waals surface area contributed by atoms with Gasteiger partial charge in [0, 0.05) is 0 Å². The van der Waals surface area contributed by atoms with Gasteiger partial charge >= 0.3 is 0 Å². The van der Waals surface area contributed by atoms with Gasteiger partial charge in [0.05, 0.1) is 0 Å². The topological polar surface area (TPSA) is 23.3 Å². The van der Waals surface area contributed by atoms with Crippen molar-refractivity contribution in [2.45, 2.75) is 6.92 Å². The predicted octanol–water partition coefficient (Wildman–Crippen LogP) is 1.85. The maximum Gasteiger partial charge on any atom is 0.158 e. The van der Waals surface area contributed by atoms with Crippen molar-refractivity contribution in [3.05, 3.63) is 29.8 Å². The molecule has 1 aromatic rings. The van der Waals surface area contributed by atoms with Crippen LogP contribution in [0.15, 0.2) is 24.3 Å². The van der Waals surface area contributed by atoms with E-state index in [4.69, 9.17) is 4.84 Å². The number of thiocarbonyl (C=S) groups is 1. The predicted molar refractivity (Wildman–Crippen MR) is 47.6 cm³/mol. The number of benzene rings is 1. The summed E-state index contributed by atoms with van der Waals surface area (Å²) in [6, 6.07) is 7.60. The van der Waals surface area contributed by atoms with E-state index >= 15 is 0 Å². The van der Waals surface area contributed by atoms with Gasteiger partial charge in [-0.1, -0.05) is 35.4 Å². The van der Waals surface area contributed by atoms with Crippen LogP contribution in [0.2, 0.25) is 0 Å². The Bertz CT molecular complexity index is 232. The summed E-state index contributed by atoms with van der Waals surface area (Å²) in [5, 5.41) is 0. The van der Waals surface area contributed by atoms with Crippen LogP contribution in [-0.4, -0.2) is 5.49 Å². The largest absolute Gasteiger partial charge is 0.356 e. The molecule has 0 amide bonds. The molecule has 1 rings (SSSR count). The SMILES string of the molecule is Cc1ccc(O[N]C=S)cc1. The van der Waals surface area contributed by atoms with Crippen molar-refractivity contribution in [3.8, 4) is 5.75 Å². The molecule has 0 aliphatic heterocycles.